The lowest BCUT2D eigenvalue weighted by atomic mass is 10.0. The third-order valence-electron chi connectivity index (χ3n) is 4.14. The standard InChI is InChI=1S/C18H20ClNO2S/c19-15-4-1-3-14(13-15)18(21)20(16-7-10-22-11-8-16)9-6-17-5-2-12-23-17/h1-5,12-13,16H,6-11H2. The highest BCUT2D eigenvalue weighted by Gasteiger charge is 2.26. The highest BCUT2D eigenvalue weighted by atomic mass is 35.5. The van der Waals surface area contributed by atoms with Gasteiger partial charge in [0.05, 0.1) is 0 Å². The predicted octanol–water partition coefficient (Wildman–Crippen LogP) is 4.27. The van der Waals surface area contributed by atoms with Crippen LogP contribution in [-0.4, -0.2) is 36.6 Å². The fourth-order valence-electron chi connectivity index (χ4n) is 2.92. The molecule has 0 atom stereocenters. The van der Waals surface area contributed by atoms with Gasteiger partial charge in [0.1, 0.15) is 0 Å². The van der Waals surface area contributed by atoms with Crippen molar-refractivity contribution in [3.8, 4) is 0 Å². The van der Waals surface area contributed by atoms with Crippen molar-refractivity contribution in [3.05, 3.63) is 57.2 Å². The topological polar surface area (TPSA) is 29.5 Å². The van der Waals surface area contributed by atoms with Gasteiger partial charge in [0, 0.05) is 41.3 Å². The molecule has 1 amide bonds. The van der Waals surface area contributed by atoms with E-state index in [9.17, 15) is 4.79 Å². The Morgan fingerprint density at radius 3 is 2.78 bits per heavy atom. The number of ether oxygens (including phenoxy) is 1. The number of carbonyl (C=O) groups is 1. The molecule has 3 rings (SSSR count). The molecule has 1 aliphatic heterocycles. The zero-order valence-electron chi connectivity index (χ0n) is 12.9. The molecule has 0 aliphatic carbocycles. The first kappa shape index (κ1) is 16.5. The number of carbonyl (C=O) groups excluding carboxylic acids is 1. The summed E-state index contributed by atoms with van der Waals surface area (Å²) in [5.41, 5.74) is 0.662. The van der Waals surface area contributed by atoms with Gasteiger partial charge in [-0.3, -0.25) is 4.79 Å². The molecule has 2 heterocycles. The van der Waals surface area contributed by atoms with Crippen LogP contribution in [0.4, 0.5) is 0 Å². The highest BCUT2D eigenvalue weighted by Crippen LogP contribution is 2.21. The maximum Gasteiger partial charge on any atom is 0.254 e. The molecular weight excluding hydrogens is 330 g/mol. The van der Waals surface area contributed by atoms with Gasteiger partial charge in [0.25, 0.3) is 5.91 Å². The molecule has 0 unspecified atom stereocenters. The van der Waals surface area contributed by atoms with E-state index < -0.39 is 0 Å². The molecule has 0 N–H and O–H groups in total. The molecule has 1 saturated heterocycles. The summed E-state index contributed by atoms with van der Waals surface area (Å²) in [4.78, 5) is 16.3. The van der Waals surface area contributed by atoms with E-state index in [-0.39, 0.29) is 11.9 Å². The lowest BCUT2D eigenvalue weighted by Crippen LogP contribution is -2.44. The van der Waals surface area contributed by atoms with Crippen molar-refractivity contribution in [2.75, 3.05) is 19.8 Å². The minimum absolute atomic E-state index is 0.0657. The second kappa shape index (κ2) is 7.95. The van der Waals surface area contributed by atoms with Crippen molar-refractivity contribution in [3.63, 3.8) is 0 Å². The number of rotatable bonds is 5. The van der Waals surface area contributed by atoms with Crippen LogP contribution in [0.25, 0.3) is 0 Å². The van der Waals surface area contributed by atoms with E-state index >= 15 is 0 Å². The van der Waals surface area contributed by atoms with Crippen LogP contribution in [0, 0.1) is 0 Å². The summed E-state index contributed by atoms with van der Waals surface area (Å²) in [6.07, 6.45) is 2.69. The highest BCUT2D eigenvalue weighted by molar-refractivity contribution is 7.09. The summed E-state index contributed by atoms with van der Waals surface area (Å²) in [5.74, 6) is 0.0657. The van der Waals surface area contributed by atoms with Gasteiger partial charge in [-0.2, -0.15) is 0 Å². The minimum atomic E-state index is 0.0657. The molecule has 1 aliphatic rings. The number of hydrogen-bond acceptors (Lipinski definition) is 3. The molecule has 0 bridgehead atoms. The minimum Gasteiger partial charge on any atom is -0.381 e. The number of hydrogen-bond donors (Lipinski definition) is 0. The molecule has 5 heteroatoms. The maximum atomic E-state index is 13.0. The fourth-order valence-corrected chi connectivity index (χ4v) is 3.81. The SMILES string of the molecule is O=C(c1cccc(Cl)c1)N(CCc1cccs1)C1CCOCC1. The predicted molar refractivity (Wildman–Crippen MR) is 94.4 cm³/mol. The summed E-state index contributed by atoms with van der Waals surface area (Å²) >= 11 is 7.79. The Kier molecular flexibility index (Phi) is 5.70. The van der Waals surface area contributed by atoms with Crippen LogP contribution in [-0.2, 0) is 11.2 Å². The average Bonchev–Trinajstić information content (AvgIpc) is 3.09. The normalized spacial score (nSPS) is 15.5. The van der Waals surface area contributed by atoms with Crippen molar-refractivity contribution in [2.24, 2.45) is 0 Å². The molecule has 0 radical (unpaired) electrons. The first-order chi connectivity index (χ1) is 11.2. The van der Waals surface area contributed by atoms with E-state index in [1.165, 1.54) is 4.88 Å². The van der Waals surface area contributed by atoms with E-state index in [1.807, 2.05) is 17.0 Å². The Morgan fingerprint density at radius 1 is 1.26 bits per heavy atom. The number of nitrogens with zero attached hydrogens (tertiary/aromatic N) is 1. The zero-order chi connectivity index (χ0) is 16.1. The van der Waals surface area contributed by atoms with Crippen molar-refractivity contribution < 1.29 is 9.53 Å². The third kappa shape index (κ3) is 4.34. The Morgan fingerprint density at radius 2 is 2.09 bits per heavy atom. The van der Waals surface area contributed by atoms with Crippen LogP contribution in [0.1, 0.15) is 28.1 Å². The Balaban J connectivity index is 1.76. The van der Waals surface area contributed by atoms with Gasteiger partial charge in [-0.05, 0) is 48.9 Å². The summed E-state index contributed by atoms with van der Waals surface area (Å²) in [7, 11) is 0. The van der Waals surface area contributed by atoms with Gasteiger partial charge in [-0.15, -0.1) is 11.3 Å². The average molecular weight is 350 g/mol. The monoisotopic (exact) mass is 349 g/mol. The van der Waals surface area contributed by atoms with Crippen molar-refractivity contribution in [1.82, 2.24) is 4.90 Å². The second-order valence-corrected chi connectivity index (χ2v) is 7.15. The smallest absolute Gasteiger partial charge is 0.254 e. The Bertz CT molecular complexity index is 638. The van der Waals surface area contributed by atoms with Crippen LogP contribution in [0.5, 0.6) is 0 Å². The first-order valence-corrected chi connectivity index (χ1v) is 9.16. The molecule has 1 aromatic carbocycles. The summed E-state index contributed by atoms with van der Waals surface area (Å²) in [5, 5.41) is 2.67. The van der Waals surface area contributed by atoms with E-state index in [1.54, 1.807) is 23.5 Å². The zero-order valence-corrected chi connectivity index (χ0v) is 14.5. The maximum absolute atomic E-state index is 13.0. The second-order valence-electron chi connectivity index (χ2n) is 5.68. The molecule has 3 nitrogen and oxygen atoms in total. The summed E-state index contributed by atoms with van der Waals surface area (Å²) in [6.45, 7) is 2.18. The quantitative estimate of drug-likeness (QED) is 0.807. The van der Waals surface area contributed by atoms with Gasteiger partial charge in [0.2, 0.25) is 0 Å². The van der Waals surface area contributed by atoms with Gasteiger partial charge < -0.3 is 9.64 Å². The van der Waals surface area contributed by atoms with E-state index in [2.05, 4.69) is 17.5 Å². The third-order valence-corrected chi connectivity index (χ3v) is 5.31. The van der Waals surface area contributed by atoms with Crippen LogP contribution in [0.2, 0.25) is 5.02 Å². The molecule has 1 fully saturated rings. The van der Waals surface area contributed by atoms with Gasteiger partial charge in [0.15, 0.2) is 0 Å². The Labute approximate surface area is 145 Å². The number of thiophene rings is 1. The lowest BCUT2D eigenvalue weighted by Gasteiger charge is -2.34. The van der Waals surface area contributed by atoms with Crippen molar-refractivity contribution in [1.29, 1.82) is 0 Å². The van der Waals surface area contributed by atoms with E-state index in [0.29, 0.717) is 10.6 Å². The molecule has 0 saturated carbocycles. The van der Waals surface area contributed by atoms with Crippen molar-refractivity contribution in [2.45, 2.75) is 25.3 Å². The van der Waals surface area contributed by atoms with Gasteiger partial charge in [-0.1, -0.05) is 23.7 Å². The fraction of sp³-hybridized carbons (Fsp3) is 0.389. The number of benzene rings is 1. The van der Waals surface area contributed by atoms with E-state index in [0.717, 1.165) is 39.0 Å². The molecule has 23 heavy (non-hydrogen) atoms. The van der Waals surface area contributed by atoms with Crippen LogP contribution >= 0.6 is 22.9 Å². The van der Waals surface area contributed by atoms with Gasteiger partial charge in [-0.25, -0.2) is 0 Å². The largest absolute Gasteiger partial charge is 0.381 e. The Hall–Kier alpha value is -1.36. The van der Waals surface area contributed by atoms with Crippen molar-refractivity contribution >= 4 is 28.8 Å². The van der Waals surface area contributed by atoms with Crippen LogP contribution in [0.15, 0.2) is 41.8 Å². The molecule has 0 spiro atoms. The van der Waals surface area contributed by atoms with Crippen LogP contribution < -0.4 is 0 Å². The lowest BCUT2D eigenvalue weighted by molar-refractivity contribution is 0.0294. The summed E-state index contributed by atoms with van der Waals surface area (Å²) in [6, 6.07) is 11.6. The molecule has 2 aromatic rings. The number of amides is 1. The van der Waals surface area contributed by atoms with Crippen LogP contribution in [0.3, 0.4) is 0 Å². The molecule has 1 aromatic heterocycles. The molecular formula is C18H20ClNO2S. The molecule has 122 valence electrons. The number of halogens is 1. The van der Waals surface area contributed by atoms with Gasteiger partial charge >= 0.3 is 0 Å². The summed E-state index contributed by atoms with van der Waals surface area (Å²) < 4.78 is 5.45. The van der Waals surface area contributed by atoms with E-state index in [4.69, 9.17) is 16.3 Å². The first-order valence-electron chi connectivity index (χ1n) is 7.91.